The second-order valence-electron chi connectivity index (χ2n) is 4.14. The first-order valence-electron chi connectivity index (χ1n) is 5.59. The highest BCUT2D eigenvalue weighted by Crippen LogP contribution is 2.25. The number of hydrogen-bond acceptors (Lipinski definition) is 6. The Kier molecular flexibility index (Phi) is 3.39. The zero-order valence-corrected chi connectivity index (χ0v) is 9.57. The average Bonchev–Trinajstić information content (AvgIpc) is 2.74. The number of nitro groups is 1. The summed E-state index contributed by atoms with van der Waals surface area (Å²) in [6.07, 6.45) is 2.58. The van der Waals surface area contributed by atoms with Gasteiger partial charge >= 0.3 is 5.69 Å². The lowest BCUT2D eigenvalue weighted by Gasteiger charge is -2.16. The van der Waals surface area contributed by atoms with Gasteiger partial charge in [-0.2, -0.15) is 10.2 Å². The molecule has 0 spiro atoms. The lowest BCUT2D eigenvalue weighted by Crippen LogP contribution is -2.33. The van der Waals surface area contributed by atoms with E-state index in [0.29, 0.717) is 0 Å². The van der Waals surface area contributed by atoms with Gasteiger partial charge < -0.3 is 10.5 Å². The maximum Gasteiger partial charge on any atom is 0.305 e. The third-order valence-corrected chi connectivity index (χ3v) is 2.93. The number of rotatable bonds is 3. The lowest BCUT2D eigenvalue weighted by molar-refractivity contribution is -0.385. The summed E-state index contributed by atoms with van der Waals surface area (Å²) in [7, 11) is 0. The topological polar surface area (TPSA) is 115 Å². The van der Waals surface area contributed by atoms with Crippen LogP contribution in [-0.2, 0) is 0 Å². The molecule has 7 heteroatoms. The van der Waals surface area contributed by atoms with Crippen LogP contribution in [0.25, 0.3) is 0 Å². The van der Waals surface area contributed by atoms with E-state index in [4.69, 9.17) is 15.7 Å². The third-order valence-electron chi connectivity index (χ3n) is 2.93. The van der Waals surface area contributed by atoms with Crippen molar-refractivity contribution in [2.45, 2.75) is 31.4 Å². The average molecular weight is 248 g/mol. The quantitative estimate of drug-likeness (QED) is 0.633. The largest absolute Gasteiger partial charge is 0.473 e. The highest BCUT2D eigenvalue weighted by Gasteiger charge is 2.26. The van der Waals surface area contributed by atoms with Gasteiger partial charge in [0.05, 0.1) is 4.92 Å². The third kappa shape index (κ3) is 2.38. The minimum absolute atomic E-state index is 0.0486. The van der Waals surface area contributed by atoms with Crippen LogP contribution < -0.4 is 10.5 Å². The predicted molar refractivity (Wildman–Crippen MR) is 61.8 cm³/mol. The first kappa shape index (κ1) is 12.3. The van der Waals surface area contributed by atoms with Gasteiger partial charge in [0.2, 0.25) is 11.6 Å². The lowest BCUT2D eigenvalue weighted by atomic mass is 10.2. The molecular weight excluding hydrogens is 236 g/mol. The van der Waals surface area contributed by atoms with Crippen molar-refractivity contribution in [3.05, 3.63) is 27.9 Å². The molecule has 0 aliphatic heterocycles. The van der Waals surface area contributed by atoms with E-state index in [1.807, 2.05) is 0 Å². The number of aromatic nitrogens is 1. The Balaban J connectivity index is 2.20. The molecule has 0 amide bonds. The van der Waals surface area contributed by atoms with Gasteiger partial charge in [-0.1, -0.05) is 0 Å². The molecule has 0 radical (unpaired) electrons. The van der Waals surface area contributed by atoms with Gasteiger partial charge in [-0.3, -0.25) is 10.1 Å². The van der Waals surface area contributed by atoms with Crippen LogP contribution in [-0.4, -0.2) is 22.1 Å². The number of nitrogens with two attached hydrogens (primary N) is 1. The normalized spacial score (nSPS) is 22.4. The van der Waals surface area contributed by atoms with Gasteiger partial charge in [0.25, 0.3) is 0 Å². The molecule has 94 valence electrons. The molecule has 0 aromatic carbocycles. The number of nitriles is 1. The molecule has 2 rings (SSSR count). The summed E-state index contributed by atoms with van der Waals surface area (Å²) in [5.41, 5.74) is 5.28. The van der Waals surface area contributed by atoms with Crippen molar-refractivity contribution in [1.82, 2.24) is 4.98 Å². The predicted octanol–water partition coefficient (Wildman–Crippen LogP) is 1.12. The summed E-state index contributed by atoms with van der Waals surface area (Å²) < 4.78 is 5.55. The van der Waals surface area contributed by atoms with Crippen LogP contribution in [0.4, 0.5) is 5.69 Å². The van der Waals surface area contributed by atoms with Crippen molar-refractivity contribution < 1.29 is 9.66 Å². The summed E-state index contributed by atoms with van der Waals surface area (Å²) in [6, 6.07) is 4.26. The minimum atomic E-state index is -0.642. The van der Waals surface area contributed by atoms with Crippen LogP contribution >= 0.6 is 0 Å². The summed E-state index contributed by atoms with van der Waals surface area (Å²) in [6.45, 7) is 0. The van der Waals surface area contributed by atoms with Crippen molar-refractivity contribution in [3.8, 4) is 11.9 Å². The van der Waals surface area contributed by atoms with Crippen LogP contribution in [0.2, 0.25) is 0 Å². The zero-order valence-electron chi connectivity index (χ0n) is 9.57. The van der Waals surface area contributed by atoms with Gasteiger partial charge in [-0.15, -0.1) is 0 Å². The van der Waals surface area contributed by atoms with Crippen LogP contribution in [0.3, 0.4) is 0 Å². The Morgan fingerprint density at radius 1 is 1.56 bits per heavy atom. The number of pyridine rings is 1. The van der Waals surface area contributed by atoms with Gasteiger partial charge in [-0.05, 0) is 19.3 Å². The highest BCUT2D eigenvalue weighted by atomic mass is 16.6. The Morgan fingerprint density at radius 3 is 2.89 bits per heavy atom. The molecule has 1 aliphatic carbocycles. The second-order valence-corrected chi connectivity index (χ2v) is 4.14. The molecule has 2 atom stereocenters. The van der Waals surface area contributed by atoms with Crippen LogP contribution in [0.1, 0.15) is 25.0 Å². The fourth-order valence-corrected chi connectivity index (χ4v) is 1.99. The van der Waals surface area contributed by atoms with Gasteiger partial charge in [-0.25, -0.2) is 0 Å². The van der Waals surface area contributed by atoms with Gasteiger partial charge in [0.15, 0.2) is 0 Å². The fourth-order valence-electron chi connectivity index (χ4n) is 1.99. The molecule has 18 heavy (non-hydrogen) atoms. The van der Waals surface area contributed by atoms with E-state index in [2.05, 4.69) is 4.98 Å². The molecule has 7 nitrogen and oxygen atoms in total. The van der Waals surface area contributed by atoms with Crippen molar-refractivity contribution >= 4 is 5.69 Å². The van der Waals surface area contributed by atoms with E-state index in [0.717, 1.165) is 19.3 Å². The Hall–Kier alpha value is -2.20. The fraction of sp³-hybridized carbons (Fsp3) is 0.455. The van der Waals surface area contributed by atoms with Crippen LogP contribution in [0.15, 0.2) is 12.1 Å². The SMILES string of the molecule is N#Cc1nc(OC2CCCC2N)ccc1[N+](=O)[O-]. The van der Waals surface area contributed by atoms with E-state index in [1.165, 1.54) is 12.1 Å². The standard InChI is InChI=1S/C11H12N4O3/c12-6-8-9(15(16)17)4-5-11(14-8)18-10-3-1-2-7(10)13/h4-5,7,10H,1-3,13H2. The summed E-state index contributed by atoms with van der Waals surface area (Å²) >= 11 is 0. The molecule has 1 aromatic heterocycles. The molecule has 1 aliphatic rings. The minimum Gasteiger partial charge on any atom is -0.473 e. The molecular formula is C11H12N4O3. The first-order valence-corrected chi connectivity index (χ1v) is 5.59. The van der Waals surface area contributed by atoms with Crippen LogP contribution in [0, 0.1) is 21.4 Å². The summed E-state index contributed by atoms with van der Waals surface area (Å²) in [5.74, 6) is 0.208. The van der Waals surface area contributed by atoms with E-state index < -0.39 is 4.92 Å². The maximum absolute atomic E-state index is 10.6. The Morgan fingerprint density at radius 2 is 2.33 bits per heavy atom. The Bertz CT molecular complexity index is 512. The molecule has 2 unspecified atom stereocenters. The number of nitrogens with zero attached hydrogens (tertiary/aromatic N) is 3. The monoisotopic (exact) mass is 248 g/mol. The van der Waals surface area contributed by atoms with Crippen molar-refractivity contribution in [2.24, 2.45) is 5.73 Å². The number of ether oxygens (including phenoxy) is 1. The van der Waals surface area contributed by atoms with E-state index >= 15 is 0 Å². The first-order chi connectivity index (χ1) is 8.61. The van der Waals surface area contributed by atoms with Crippen LogP contribution in [0.5, 0.6) is 5.88 Å². The Labute approximate surface area is 103 Å². The van der Waals surface area contributed by atoms with E-state index in [-0.39, 0.29) is 29.4 Å². The van der Waals surface area contributed by atoms with Gasteiger partial charge in [0, 0.05) is 18.2 Å². The van der Waals surface area contributed by atoms with E-state index in [1.54, 1.807) is 6.07 Å². The zero-order chi connectivity index (χ0) is 13.1. The second kappa shape index (κ2) is 4.98. The molecule has 2 N–H and O–H groups in total. The molecule has 0 bridgehead atoms. The van der Waals surface area contributed by atoms with Crippen molar-refractivity contribution in [1.29, 1.82) is 5.26 Å². The molecule has 1 heterocycles. The summed E-state index contributed by atoms with van der Waals surface area (Å²) in [4.78, 5) is 13.8. The van der Waals surface area contributed by atoms with Crippen molar-refractivity contribution in [2.75, 3.05) is 0 Å². The highest BCUT2D eigenvalue weighted by molar-refractivity contribution is 5.45. The molecule has 1 aromatic rings. The maximum atomic E-state index is 10.6. The molecule has 0 saturated heterocycles. The smallest absolute Gasteiger partial charge is 0.305 e. The van der Waals surface area contributed by atoms with Crippen molar-refractivity contribution in [3.63, 3.8) is 0 Å². The summed E-state index contributed by atoms with van der Waals surface area (Å²) in [5, 5.41) is 19.4. The van der Waals surface area contributed by atoms with Gasteiger partial charge in [0.1, 0.15) is 12.2 Å². The molecule has 1 saturated carbocycles. The number of hydrogen-bond donors (Lipinski definition) is 1. The molecule has 1 fully saturated rings. The van der Waals surface area contributed by atoms with E-state index in [9.17, 15) is 10.1 Å².